The van der Waals surface area contributed by atoms with Crippen molar-refractivity contribution in [1.82, 2.24) is 4.98 Å². The minimum absolute atomic E-state index is 0.538. The van der Waals surface area contributed by atoms with Gasteiger partial charge in [-0.15, -0.1) is 0 Å². The smallest absolute Gasteiger partial charge is 0.0707 e. The van der Waals surface area contributed by atoms with Crippen molar-refractivity contribution < 1.29 is 0 Å². The number of anilines is 1. The second-order valence-electron chi connectivity index (χ2n) is 4.43. The second-order valence-corrected chi connectivity index (χ2v) is 4.43. The van der Waals surface area contributed by atoms with E-state index in [-0.39, 0.29) is 0 Å². The van der Waals surface area contributed by atoms with Gasteiger partial charge in [0.1, 0.15) is 0 Å². The molecule has 2 aromatic rings. The lowest BCUT2D eigenvalue weighted by atomic mass is 10.2. The highest BCUT2D eigenvalue weighted by Crippen LogP contribution is 2.18. The van der Waals surface area contributed by atoms with E-state index in [0.717, 1.165) is 23.1 Å². The maximum Gasteiger partial charge on any atom is 0.0707 e. The molecule has 0 spiro atoms. The van der Waals surface area contributed by atoms with Crippen molar-refractivity contribution in [2.24, 2.45) is 11.8 Å². The van der Waals surface area contributed by atoms with Gasteiger partial charge in [-0.25, -0.2) is 5.84 Å². The first kappa shape index (κ1) is 10.9. The molecule has 0 amide bonds. The van der Waals surface area contributed by atoms with E-state index in [0.29, 0.717) is 5.92 Å². The zero-order valence-electron chi connectivity index (χ0n) is 9.72. The van der Waals surface area contributed by atoms with Gasteiger partial charge in [-0.3, -0.25) is 4.98 Å². The van der Waals surface area contributed by atoms with Crippen molar-refractivity contribution >= 4 is 16.6 Å². The third-order valence-electron chi connectivity index (χ3n) is 2.47. The molecule has 3 heteroatoms. The first-order valence-electron chi connectivity index (χ1n) is 5.54. The molecule has 0 aliphatic rings. The van der Waals surface area contributed by atoms with E-state index in [9.17, 15) is 0 Å². The molecule has 2 rings (SSSR count). The average molecular weight is 215 g/mol. The molecule has 0 radical (unpaired) electrons. The van der Waals surface area contributed by atoms with Gasteiger partial charge in [-0.1, -0.05) is 32.0 Å². The first-order valence-corrected chi connectivity index (χ1v) is 5.54. The Morgan fingerprint density at radius 1 is 1.31 bits per heavy atom. The Morgan fingerprint density at radius 3 is 2.81 bits per heavy atom. The normalized spacial score (nSPS) is 11.0. The number of nitrogens with two attached hydrogens (primary N) is 1. The molecule has 0 fully saturated rings. The summed E-state index contributed by atoms with van der Waals surface area (Å²) in [5.41, 5.74) is 1.97. The predicted molar refractivity (Wildman–Crippen MR) is 68.1 cm³/mol. The van der Waals surface area contributed by atoms with Crippen molar-refractivity contribution in [3.05, 3.63) is 36.5 Å². The number of fused-ring (bicyclic) bond motifs is 1. The van der Waals surface area contributed by atoms with Gasteiger partial charge in [0.15, 0.2) is 0 Å². The highest BCUT2D eigenvalue weighted by molar-refractivity contribution is 5.81. The van der Waals surface area contributed by atoms with Crippen LogP contribution in [0.1, 0.15) is 13.8 Å². The minimum atomic E-state index is 0.538. The summed E-state index contributed by atoms with van der Waals surface area (Å²) >= 11 is 0. The molecule has 0 unspecified atom stereocenters. The number of rotatable bonds is 3. The number of para-hydroxylation sites is 1. The van der Waals surface area contributed by atoms with Crippen molar-refractivity contribution in [2.45, 2.75) is 13.8 Å². The lowest BCUT2D eigenvalue weighted by Gasteiger charge is -2.20. The summed E-state index contributed by atoms with van der Waals surface area (Å²) in [7, 11) is 0. The molecule has 1 aromatic heterocycles. The zero-order valence-corrected chi connectivity index (χ0v) is 9.72. The fourth-order valence-corrected chi connectivity index (χ4v) is 1.72. The predicted octanol–water partition coefficient (Wildman–Crippen LogP) is 2.57. The van der Waals surface area contributed by atoms with Crippen LogP contribution in [0.5, 0.6) is 0 Å². The summed E-state index contributed by atoms with van der Waals surface area (Å²) in [5.74, 6) is 6.52. The summed E-state index contributed by atoms with van der Waals surface area (Å²) in [5, 5.41) is 2.88. The number of hydrogen-bond acceptors (Lipinski definition) is 3. The summed E-state index contributed by atoms with van der Waals surface area (Å²) < 4.78 is 0. The molecule has 0 bridgehead atoms. The molecule has 16 heavy (non-hydrogen) atoms. The van der Waals surface area contributed by atoms with Crippen LogP contribution in [0.2, 0.25) is 0 Å². The van der Waals surface area contributed by atoms with E-state index >= 15 is 0 Å². The van der Waals surface area contributed by atoms with Gasteiger partial charge >= 0.3 is 0 Å². The van der Waals surface area contributed by atoms with Gasteiger partial charge in [-0.05, 0) is 18.1 Å². The molecule has 0 aliphatic carbocycles. The van der Waals surface area contributed by atoms with Gasteiger partial charge in [0.05, 0.1) is 17.4 Å². The zero-order chi connectivity index (χ0) is 11.5. The second kappa shape index (κ2) is 4.49. The molecular formula is C13H17N3. The molecule has 0 aliphatic heterocycles. The van der Waals surface area contributed by atoms with Crippen LogP contribution in [0.15, 0.2) is 36.5 Å². The number of hydrogen-bond donors (Lipinski definition) is 1. The lowest BCUT2D eigenvalue weighted by molar-refractivity contribution is 0.620. The van der Waals surface area contributed by atoms with Crippen molar-refractivity contribution in [3.8, 4) is 0 Å². The molecule has 2 N–H and O–H groups in total. The summed E-state index contributed by atoms with van der Waals surface area (Å²) in [6.07, 6.45) is 1.82. The quantitative estimate of drug-likeness (QED) is 0.632. The van der Waals surface area contributed by atoms with Gasteiger partial charge in [0, 0.05) is 11.9 Å². The van der Waals surface area contributed by atoms with Crippen molar-refractivity contribution in [1.29, 1.82) is 0 Å². The average Bonchev–Trinajstić information content (AvgIpc) is 2.27. The summed E-state index contributed by atoms with van der Waals surface area (Å²) in [4.78, 5) is 4.39. The fourth-order valence-electron chi connectivity index (χ4n) is 1.72. The van der Waals surface area contributed by atoms with E-state index in [1.165, 1.54) is 0 Å². The lowest BCUT2D eigenvalue weighted by Crippen LogP contribution is -2.34. The van der Waals surface area contributed by atoms with Gasteiger partial charge in [0.25, 0.3) is 0 Å². The number of benzene rings is 1. The Bertz CT molecular complexity index is 479. The fraction of sp³-hybridized carbons (Fsp3) is 0.308. The summed E-state index contributed by atoms with van der Waals surface area (Å²) in [6, 6.07) is 10.1. The van der Waals surface area contributed by atoms with Crippen LogP contribution in [-0.4, -0.2) is 11.5 Å². The maximum atomic E-state index is 5.98. The van der Waals surface area contributed by atoms with E-state index < -0.39 is 0 Å². The third kappa shape index (κ3) is 2.31. The SMILES string of the molecule is CC(C)CN(N)c1cnc2ccccc2c1. The van der Waals surface area contributed by atoms with Gasteiger partial charge in [0.2, 0.25) is 0 Å². The van der Waals surface area contributed by atoms with Gasteiger partial charge < -0.3 is 5.01 Å². The third-order valence-corrected chi connectivity index (χ3v) is 2.47. The minimum Gasteiger partial charge on any atom is -0.309 e. The standard InChI is InChI=1S/C13H17N3/c1-10(2)9-16(14)12-7-11-5-3-4-6-13(11)15-8-12/h3-8,10H,9,14H2,1-2H3. The highest BCUT2D eigenvalue weighted by Gasteiger charge is 2.05. The largest absolute Gasteiger partial charge is 0.309 e. The van der Waals surface area contributed by atoms with Crippen LogP contribution in [0.25, 0.3) is 10.9 Å². The molecular weight excluding hydrogens is 198 g/mol. The van der Waals surface area contributed by atoms with Crippen LogP contribution >= 0.6 is 0 Å². The Morgan fingerprint density at radius 2 is 2.06 bits per heavy atom. The number of pyridine rings is 1. The van der Waals surface area contributed by atoms with Gasteiger partial charge in [-0.2, -0.15) is 0 Å². The Hall–Kier alpha value is -1.61. The molecule has 1 heterocycles. The topological polar surface area (TPSA) is 42.1 Å². The number of aromatic nitrogens is 1. The Balaban J connectivity index is 2.32. The van der Waals surface area contributed by atoms with Crippen LogP contribution in [0, 0.1) is 5.92 Å². The molecule has 0 atom stereocenters. The molecule has 0 saturated carbocycles. The molecule has 84 valence electrons. The Kier molecular flexibility index (Phi) is 3.06. The van der Waals surface area contributed by atoms with E-state index in [2.05, 4.69) is 31.0 Å². The monoisotopic (exact) mass is 215 g/mol. The molecule has 3 nitrogen and oxygen atoms in total. The van der Waals surface area contributed by atoms with E-state index in [1.807, 2.05) is 24.4 Å². The van der Waals surface area contributed by atoms with Crippen molar-refractivity contribution in [3.63, 3.8) is 0 Å². The number of nitrogens with zero attached hydrogens (tertiary/aromatic N) is 2. The van der Waals surface area contributed by atoms with E-state index in [4.69, 9.17) is 5.84 Å². The highest BCUT2D eigenvalue weighted by atomic mass is 15.4. The Labute approximate surface area is 95.9 Å². The van der Waals surface area contributed by atoms with E-state index in [1.54, 1.807) is 5.01 Å². The van der Waals surface area contributed by atoms with Crippen LogP contribution in [0.4, 0.5) is 5.69 Å². The van der Waals surface area contributed by atoms with Crippen LogP contribution in [0.3, 0.4) is 0 Å². The van der Waals surface area contributed by atoms with Crippen molar-refractivity contribution in [2.75, 3.05) is 11.6 Å². The molecule has 1 aromatic carbocycles. The van der Waals surface area contributed by atoms with Crippen LogP contribution in [-0.2, 0) is 0 Å². The van der Waals surface area contributed by atoms with Crippen LogP contribution < -0.4 is 10.9 Å². The number of hydrazine groups is 1. The summed E-state index contributed by atoms with van der Waals surface area (Å²) in [6.45, 7) is 5.13. The maximum absolute atomic E-state index is 5.98. The first-order chi connectivity index (χ1) is 7.66. The molecule has 0 saturated heterocycles.